The normalized spacial score (nSPS) is 10.9. The second kappa shape index (κ2) is 7.03. The molecule has 140 valence electrons. The van der Waals surface area contributed by atoms with Gasteiger partial charge < -0.3 is 21.1 Å². The van der Waals surface area contributed by atoms with Crippen molar-refractivity contribution < 1.29 is 9.90 Å². The number of nitrogens with zero attached hydrogens (tertiary/aromatic N) is 2. The van der Waals surface area contributed by atoms with Crippen molar-refractivity contribution >= 4 is 28.4 Å². The summed E-state index contributed by atoms with van der Waals surface area (Å²) in [4.78, 5) is 24.1. The Bertz CT molecular complexity index is 1170. The van der Waals surface area contributed by atoms with Crippen LogP contribution in [0.3, 0.4) is 0 Å². The van der Waals surface area contributed by atoms with Crippen LogP contribution >= 0.6 is 0 Å². The number of aromatic nitrogens is 3. The van der Waals surface area contributed by atoms with Gasteiger partial charge in [0.05, 0.1) is 11.3 Å². The van der Waals surface area contributed by atoms with Gasteiger partial charge in [0.2, 0.25) is 0 Å². The lowest BCUT2D eigenvalue weighted by Crippen LogP contribution is -2.14. The number of imidazole rings is 1. The lowest BCUT2D eigenvalue weighted by molar-refractivity contribution is 0.100. The molecule has 0 bridgehead atoms. The maximum absolute atomic E-state index is 12.0. The molecule has 0 unspecified atom stereocenters. The van der Waals surface area contributed by atoms with Gasteiger partial charge in [0.15, 0.2) is 5.65 Å². The Morgan fingerprint density at radius 2 is 1.93 bits per heavy atom. The quantitative estimate of drug-likeness (QED) is 0.425. The van der Waals surface area contributed by atoms with Gasteiger partial charge in [-0.2, -0.15) is 0 Å². The number of H-pyrrole nitrogens is 1. The maximum Gasteiger partial charge on any atom is 0.252 e. The monoisotopic (exact) mass is 373 g/mol. The Hall–Kier alpha value is -3.87. The van der Waals surface area contributed by atoms with Crippen LogP contribution in [-0.4, -0.2) is 26.0 Å². The minimum absolute atomic E-state index is 0.174. The van der Waals surface area contributed by atoms with Crippen molar-refractivity contribution in [3.05, 3.63) is 65.9 Å². The van der Waals surface area contributed by atoms with Crippen LogP contribution in [0, 0.1) is 0 Å². The van der Waals surface area contributed by atoms with Crippen LogP contribution < -0.4 is 11.1 Å². The summed E-state index contributed by atoms with van der Waals surface area (Å²) in [5, 5.41) is 12.8. The molecule has 0 radical (unpaired) electrons. The third kappa shape index (κ3) is 3.14. The van der Waals surface area contributed by atoms with Gasteiger partial charge >= 0.3 is 0 Å². The van der Waals surface area contributed by atoms with Crippen LogP contribution in [0.15, 0.2) is 54.7 Å². The third-order valence-corrected chi connectivity index (χ3v) is 4.58. The standard InChI is InChI=1S/C21H19N5O2/c1-2-12-5-3-4-6-16(12)24-17-15(19(22)28)11-23-21-18(17)25-20(26-21)13-7-9-14(27)10-8-13/h3-11,27H,2H2,1H3,(H2,22,28)(H2,23,24,25,26). The largest absolute Gasteiger partial charge is 0.508 e. The predicted octanol–water partition coefficient (Wildman–Crippen LogP) is 3.74. The summed E-state index contributed by atoms with van der Waals surface area (Å²) in [6, 6.07) is 14.5. The highest BCUT2D eigenvalue weighted by Gasteiger charge is 2.18. The Morgan fingerprint density at radius 3 is 2.64 bits per heavy atom. The highest BCUT2D eigenvalue weighted by atomic mass is 16.3. The third-order valence-electron chi connectivity index (χ3n) is 4.58. The first-order valence-corrected chi connectivity index (χ1v) is 8.89. The molecule has 2 aromatic heterocycles. The van der Waals surface area contributed by atoms with E-state index in [0.717, 1.165) is 23.2 Å². The molecule has 7 heteroatoms. The van der Waals surface area contributed by atoms with Gasteiger partial charge in [0.25, 0.3) is 5.91 Å². The van der Waals surface area contributed by atoms with E-state index >= 15 is 0 Å². The van der Waals surface area contributed by atoms with Gasteiger partial charge in [-0.3, -0.25) is 4.79 Å². The van der Waals surface area contributed by atoms with E-state index in [2.05, 4.69) is 27.2 Å². The molecular formula is C21H19N5O2. The maximum atomic E-state index is 12.0. The highest BCUT2D eigenvalue weighted by molar-refractivity contribution is 6.06. The lowest BCUT2D eigenvalue weighted by atomic mass is 10.1. The number of primary amides is 1. The van der Waals surface area contributed by atoms with Crippen LogP contribution in [0.4, 0.5) is 11.4 Å². The number of fused-ring (bicyclic) bond motifs is 1. The fourth-order valence-electron chi connectivity index (χ4n) is 3.11. The number of hydrogen-bond acceptors (Lipinski definition) is 5. The van der Waals surface area contributed by atoms with E-state index in [9.17, 15) is 9.90 Å². The van der Waals surface area contributed by atoms with E-state index in [1.165, 1.54) is 6.20 Å². The van der Waals surface area contributed by atoms with Crippen molar-refractivity contribution in [1.82, 2.24) is 15.0 Å². The summed E-state index contributed by atoms with van der Waals surface area (Å²) in [6.45, 7) is 2.06. The molecule has 4 aromatic rings. The zero-order chi connectivity index (χ0) is 19.7. The number of phenols is 1. The number of aryl methyl sites for hydroxylation is 1. The molecule has 5 N–H and O–H groups in total. The number of hydrogen-bond donors (Lipinski definition) is 4. The predicted molar refractivity (Wildman–Crippen MR) is 109 cm³/mol. The number of nitrogens with one attached hydrogen (secondary N) is 2. The molecule has 0 saturated heterocycles. The number of nitrogens with two attached hydrogens (primary N) is 1. The van der Waals surface area contributed by atoms with E-state index in [1.54, 1.807) is 24.3 Å². The summed E-state index contributed by atoms with van der Waals surface area (Å²) in [5.74, 6) is 0.170. The number of phenolic OH excluding ortho intramolecular Hbond substituents is 1. The summed E-state index contributed by atoms with van der Waals surface area (Å²) >= 11 is 0. The van der Waals surface area contributed by atoms with Gasteiger partial charge in [-0.25, -0.2) is 9.97 Å². The average molecular weight is 373 g/mol. The summed E-state index contributed by atoms with van der Waals surface area (Å²) in [5.41, 5.74) is 10.2. The molecule has 0 aliphatic carbocycles. The molecule has 4 rings (SSSR count). The Morgan fingerprint density at radius 1 is 1.18 bits per heavy atom. The van der Waals surface area contributed by atoms with Crippen molar-refractivity contribution in [2.24, 2.45) is 5.73 Å². The van der Waals surface area contributed by atoms with Crippen LogP contribution in [-0.2, 0) is 6.42 Å². The Labute approximate surface area is 161 Å². The number of rotatable bonds is 5. The molecule has 7 nitrogen and oxygen atoms in total. The number of carbonyl (C=O) groups is 1. The lowest BCUT2D eigenvalue weighted by Gasteiger charge is -2.13. The van der Waals surface area contributed by atoms with Gasteiger partial charge in [-0.15, -0.1) is 0 Å². The van der Waals surface area contributed by atoms with Crippen molar-refractivity contribution in [3.8, 4) is 17.1 Å². The Kier molecular flexibility index (Phi) is 4.41. The highest BCUT2D eigenvalue weighted by Crippen LogP contribution is 2.31. The topological polar surface area (TPSA) is 117 Å². The van der Waals surface area contributed by atoms with Crippen molar-refractivity contribution in [2.75, 3.05) is 5.32 Å². The van der Waals surface area contributed by atoms with E-state index < -0.39 is 5.91 Å². The van der Waals surface area contributed by atoms with Crippen molar-refractivity contribution in [2.45, 2.75) is 13.3 Å². The SMILES string of the molecule is CCc1ccccc1Nc1c(C(N)=O)cnc2[nH]c(-c3ccc(O)cc3)nc12. The van der Waals surface area contributed by atoms with Crippen LogP contribution in [0.2, 0.25) is 0 Å². The van der Waals surface area contributed by atoms with E-state index in [4.69, 9.17) is 5.73 Å². The number of amides is 1. The number of aromatic amines is 1. The number of anilines is 2. The number of aromatic hydroxyl groups is 1. The minimum Gasteiger partial charge on any atom is -0.508 e. The van der Waals surface area contributed by atoms with Crippen LogP contribution in [0.25, 0.3) is 22.6 Å². The van der Waals surface area contributed by atoms with Crippen LogP contribution in [0.1, 0.15) is 22.8 Å². The zero-order valence-corrected chi connectivity index (χ0v) is 15.2. The smallest absolute Gasteiger partial charge is 0.252 e. The Balaban J connectivity index is 1.88. The van der Waals surface area contributed by atoms with Gasteiger partial charge in [-0.05, 0) is 42.3 Å². The molecule has 2 aromatic carbocycles. The molecule has 0 spiro atoms. The first-order chi connectivity index (χ1) is 13.6. The minimum atomic E-state index is -0.583. The van der Waals surface area contributed by atoms with Gasteiger partial charge in [0, 0.05) is 17.4 Å². The molecule has 2 heterocycles. The number of pyridine rings is 1. The molecular weight excluding hydrogens is 354 g/mol. The molecule has 0 aliphatic heterocycles. The van der Waals surface area contributed by atoms with Gasteiger partial charge in [0.1, 0.15) is 17.1 Å². The second-order valence-corrected chi connectivity index (χ2v) is 6.38. The number of benzene rings is 2. The number of carbonyl (C=O) groups excluding carboxylic acids is 1. The second-order valence-electron chi connectivity index (χ2n) is 6.38. The molecule has 28 heavy (non-hydrogen) atoms. The molecule has 0 atom stereocenters. The first-order valence-electron chi connectivity index (χ1n) is 8.89. The van der Waals surface area contributed by atoms with E-state index in [0.29, 0.717) is 22.7 Å². The average Bonchev–Trinajstić information content (AvgIpc) is 3.13. The zero-order valence-electron chi connectivity index (χ0n) is 15.2. The molecule has 0 aliphatic rings. The fourth-order valence-corrected chi connectivity index (χ4v) is 3.11. The summed E-state index contributed by atoms with van der Waals surface area (Å²) < 4.78 is 0. The fraction of sp³-hybridized carbons (Fsp3) is 0.0952. The molecule has 0 fully saturated rings. The summed E-state index contributed by atoms with van der Waals surface area (Å²) in [6.07, 6.45) is 2.28. The van der Waals surface area contributed by atoms with E-state index in [-0.39, 0.29) is 11.3 Å². The summed E-state index contributed by atoms with van der Waals surface area (Å²) in [7, 11) is 0. The molecule has 0 saturated carbocycles. The van der Waals surface area contributed by atoms with Crippen molar-refractivity contribution in [3.63, 3.8) is 0 Å². The first kappa shape index (κ1) is 17.5. The molecule has 1 amide bonds. The number of para-hydroxylation sites is 1. The van der Waals surface area contributed by atoms with Crippen molar-refractivity contribution in [1.29, 1.82) is 0 Å². The van der Waals surface area contributed by atoms with Gasteiger partial charge in [-0.1, -0.05) is 25.1 Å². The van der Waals surface area contributed by atoms with Crippen LogP contribution in [0.5, 0.6) is 5.75 Å². The van der Waals surface area contributed by atoms with E-state index in [1.807, 2.05) is 24.3 Å².